The van der Waals surface area contributed by atoms with Crippen LogP contribution in [0.5, 0.6) is 0 Å². The lowest BCUT2D eigenvalue weighted by Crippen LogP contribution is -2.25. The number of hydrogen-bond acceptors (Lipinski definition) is 1. The Morgan fingerprint density at radius 3 is 1.82 bits per heavy atom. The van der Waals surface area contributed by atoms with Crippen LogP contribution in [-0.2, 0) is 5.41 Å². The minimum atomic E-state index is -0.391. The topological polar surface area (TPSA) is 15.8 Å². The minimum absolute atomic E-state index is 0.391. The van der Waals surface area contributed by atoms with Crippen LogP contribution in [0.3, 0.4) is 0 Å². The molecule has 0 radical (unpaired) electrons. The molecular formula is C55H31NS. The molecule has 1 atom stereocenters. The number of aromatic nitrogens is 1. The lowest BCUT2D eigenvalue weighted by atomic mass is 9.70. The number of H-pyrrole nitrogens is 1. The van der Waals surface area contributed by atoms with E-state index < -0.39 is 5.41 Å². The van der Waals surface area contributed by atoms with E-state index in [0.717, 1.165) is 0 Å². The number of nitrogens with one attached hydrogen (secondary N) is 1. The van der Waals surface area contributed by atoms with Gasteiger partial charge in [0.15, 0.2) is 0 Å². The maximum atomic E-state index is 3.84. The van der Waals surface area contributed by atoms with Crippen molar-refractivity contribution in [3.8, 4) is 33.4 Å². The average molecular weight is 738 g/mol. The van der Waals surface area contributed by atoms with E-state index in [1.165, 1.54) is 130 Å². The second kappa shape index (κ2) is 10.6. The van der Waals surface area contributed by atoms with Crippen molar-refractivity contribution in [3.63, 3.8) is 0 Å². The van der Waals surface area contributed by atoms with Crippen molar-refractivity contribution in [1.29, 1.82) is 0 Å². The molecule has 0 saturated heterocycles. The summed E-state index contributed by atoms with van der Waals surface area (Å²) in [5.41, 5.74) is 15.4. The van der Waals surface area contributed by atoms with Crippen molar-refractivity contribution in [2.24, 2.45) is 0 Å². The Morgan fingerprint density at radius 2 is 0.982 bits per heavy atom. The first kappa shape index (κ1) is 30.2. The van der Waals surface area contributed by atoms with Gasteiger partial charge in [0.25, 0.3) is 0 Å². The van der Waals surface area contributed by atoms with E-state index in [-0.39, 0.29) is 0 Å². The number of benzene rings is 10. The maximum Gasteiger partial charge on any atom is 0.0725 e. The molecule has 10 aromatic carbocycles. The highest BCUT2D eigenvalue weighted by Crippen LogP contribution is 2.64. The van der Waals surface area contributed by atoms with E-state index in [0.29, 0.717) is 0 Å². The zero-order chi connectivity index (χ0) is 37.0. The Morgan fingerprint density at radius 1 is 0.368 bits per heavy atom. The molecule has 12 aromatic rings. The Labute approximate surface area is 332 Å². The van der Waals surface area contributed by atoms with Gasteiger partial charge in [0.1, 0.15) is 0 Å². The molecule has 2 heterocycles. The summed E-state index contributed by atoms with van der Waals surface area (Å²) >= 11 is 1.95. The molecule has 0 aliphatic heterocycles. The van der Waals surface area contributed by atoms with Crippen molar-refractivity contribution in [2.45, 2.75) is 5.41 Å². The second-order valence-corrected chi connectivity index (χ2v) is 17.0. The van der Waals surface area contributed by atoms with Gasteiger partial charge >= 0.3 is 0 Å². The van der Waals surface area contributed by atoms with Gasteiger partial charge in [0.2, 0.25) is 0 Å². The van der Waals surface area contributed by atoms with Crippen LogP contribution in [0.4, 0.5) is 0 Å². The first-order valence-corrected chi connectivity index (χ1v) is 20.7. The molecule has 2 heteroatoms. The number of aromatic amines is 1. The minimum Gasteiger partial charge on any atom is -0.354 e. The quantitative estimate of drug-likeness (QED) is 0.173. The summed E-state index contributed by atoms with van der Waals surface area (Å²) < 4.78 is 2.71. The molecule has 262 valence electrons. The fourth-order valence-electron chi connectivity index (χ4n) is 11.2. The highest BCUT2D eigenvalue weighted by atomic mass is 32.1. The number of para-hydroxylation sites is 1. The van der Waals surface area contributed by atoms with E-state index in [1.54, 1.807) is 0 Å². The highest BCUT2D eigenvalue weighted by molar-refractivity contribution is 7.27. The summed E-state index contributed by atoms with van der Waals surface area (Å²) in [6.07, 6.45) is 0. The monoisotopic (exact) mass is 737 g/mol. The van der Waals surface area contributed by atoms with Crippen LogP contribution in [0.15, 0.2) is 182 Å². The summed E-state index contributed by atoms with van der Waals surface area (Å²) in [5.74, 6) is 0. The van der Waals surface area contributed by atoms with E-state index in [4.69, 9.17) is 0 Å². The predicted octanol–water partition coefficient (Wildman–Crippen LogP) is 15.2. The molecule has 57 heavy (non-hydrogen) atoms. The van der Waals surface area contributed by atoms with E-state index in [2.05, 4.69) is 187 Å². The van der Waals surface area contributed by atoms with E-state index in [1.807, 2.05) is 11.3 Å². The second-order valence-electron chi connectivity index (χ2n) is 15.9. The lowest BCUT2D eigenvalue weighted by molar-refractivity contribution is 0.794. The molecule has 0 amide bonds. The van der Waals surface area contributed by atoms with Crippen LogP contribution >= 0.6 is 11.3 Å². The molecular weight excluding hydrogens is 707 g/mol. The fourth-order valence-corrected chi connectivity index (χ4v) is 12.5. The molecule has 0 fully saturated rings. The maximum absolute atomic E-state index is 3.84. The normalized spacial score (nSPS) is 15.4. The van der Waals surface area contributed by atoms with Crippen LogP contribution in [0.1, 0.15) is 22.3 Å². The number of fused-ring (bicyclic) bond motifs is 24. The lowest BCUT2D eigenvalue weighted by Gasteiger charge is -2.30. The summed E-state index contributed by atoms with van der Waals surface area (Å²) in [5, 5.41) is 13.1. The zero-order valence-electron chi connectivity index (χ0n) is 30.7. The molecule has 14 rings (SSSR count). The molecule has 0 bridgehead atoms. The average Bonchev–Trinajstić information content (AvgIpc) is 4.01. The molecule has 2 aromatic heterocycles. The molecule has 0 saturated carbocycles. The number of hydrogen-bond donors (Lipinski definition) is 1. The van der Waals surface area contributed by atoms with Crippen molar-refractivity contribution < 1.29 is 0 Å². The van der Waals surface area contributed by atoms with Gasteiger partial charge in [0.05, 0.1) is 10.9 Å². The van der Waals surface area contributed by atoms with Crippen LogP contribution in [0.25, 0.3) is 108 Å². The van der Waals surface area contributed by atoms with Gasteiger partial charge in [-0.25, -0.2) is 0 Å². The van der Waals surface area contributed by atoms with Crippen LogP contribution < -0.4 is 0 Å². The molecule has 1 unspecified atom stereocenters. The van der Waals surface area contributed by atoms with E-state index in [9.17, 15) is 0 Å². The summed E-state index contributed by atoms with van der Waals surface area (Å²) in [6, 6.07) is 68.6. The molecule has 2 aliphatic carbocycles. The number of thiophene rings is 1. The third-order valence-corrected chi connectivity index (χ3v) is 14.7. The Hall–Kier alpha value is -7.00. The van der Waals surface area contributed by atoms with Gasteiger partial charge in [-0.15, -0.1) is 11.3 Å². The first-order valence-electron chi connectivity index (χ1n) is 19.8. The zero-order valence-corrected chi connectivity index (χ0v) is 31.5. The van der Waals surface area contributed by atoms with Crippen LogP contribution in [0.2, 0.25) is 0 Å². The summed E-state index contributed by atoms with van der Waals surface area (Å²) in [6.45, 7) is 0. The van der Waals surface area contributed by atoms with Crippen LogP contribution in [0, 0.1) is 0 Å². The predicted molar refractivity (Wildman–Crippen MR) is 243 cm³/mol. The first-order chi connectivity index (χ1) is 28.3. The summed E-state index contributed by atoms with van der Waals surface area (Å²) in [7, 11) is 0. The van der Waals surface area contributed by atoms with Crippen molar-refractivity contribution in [1.82, 2.24) is 4.98 Å². The SMILES string of the molecule is c1ccc2c(c1)-c1cc(-c3cc4c(sc5c6ccccc6c6[nH]c7ccccc7c6c45)c4ccccc34)ccc1C21c2ccccc2-c2c1ccc1ccccc21. The van der Waals surface area contributed by atoms with E-state index >= 15 is 0 Å². The third-order valence-electron chi connectivity index (χ3n) is 13.4. The fraction of sp³-hybridized carbons (Fsp3) is 0.0182. The van der Waals surface area contributed by atoms with Gasteiger partial charge in [-0.2, -0.15) is 0 Å². The van der Waals surface area contributed by atoms with Crippen molar-refractivity contribution >= 4 is 85.6 Å². The number of rotatable bonds is 1. The van der Waals surface area contributed by atoms with Crippen molar-refractivity contribution in [2.75, 3.05) is 0 Å². The molecule has 2 aliphatic rings. The Bertz CT molecular complexity index is 3770. The Kier molecular flexibility index (Phi) is 5.65. The van der Waals surface area contributed by atoms with Crippen LogP contribution in [-0.4, -0.2) is 4.98 Å². The van der Waals surface area contributed by atoms with Gasteiger partial charge in [-0.1, -0.05) is 164 Å². The molecule has 1 N–H and O–H groups in total. The standard InChI is InChI=1S/C55H31NS/c1-2-14-33-31(13-1)25-28-47-49(33)39-20-8-11-23-45(39)55(47)44-22-10-7-16-35(44)42-29-32(26-27-46(42)55)41-30-43-51-50-40-21-9-12-24-48(40)56-52(50)36-17-4-6-19-38(36)54(51)57-53(43)37-18-5-3-15-34(37)41/h1-30,56H. The molecule has 1 nitrogen and oxygen atoms in total. The van der Waals surface area contributed by atoms with Crippen molar-refractivity contribution in [3.05, 3.63) is 204 Å². The van der Waals surface area contributed by atoms with Gasteiger partial charge < -0.3 is 4.98 Å². The smallest absolute Gasteiger partial charge is 0.0725 e. The van der Waals surface area contributed by atoms with Gasteiger partial charge in [-0.05, 0) is 90.0 Å². The van der Waals surface area contributed by atoms with Gasteiger partial charge in [-0.3, -0.25) is 0 Å². The largest absolute Gasteiger partial charge is 0.354 e. The third kappa shape index (κ3) is 3.62. The molecule has 1 spiro atoms. The highest BCUT2D eigenvalue weighted by Gasteiger charge is 2.52. The van der Waals surface area contributed by atoms with Gasteiger partial charge in [0, 0.05) is 52.6 Å². The summed E-state index contributed by atoms with van der Waals surface area (Å²) in [4.78, 5) is 3.84. The Balaban J connectivity index is 1.09.